The molecule has 0 amide bonds. The fraction of sp³-hybridized carbons (Fsp3) is 0.467. The highest BCUT2D eigenvalue weighted by atomic mass is 16.5. The monoisotopic (exact) mass is 273 g/mol. The SMILES string of the molecule is Nc1ccc2ncn(CCCC3CCCO3)c(=O)c2c1. The van der Waals surface area contributed by atoms with Crippen LogP contribution < -0.4 is 11.3 Å². The summed E-state index contributed by atoms with van der Waals surface area (Å²) in [4.78, 5) is 16.7. The van der Waals surface area contributed by atoms with E-state index in [-0.39, 0.29) is 5.56 Å². The Labute approximate surface area is 117 Å². The van der Waals surface area contributed by atoms with Gasteiger partial charge in [-0.1, -0.05) is 0 Å². The quantitative estimate of drug-likeness (QED) is 0.864. The number of fused-ring (bicyclic) bond motifs is 1. The van der Waals surface area contributed by atoms with E-state index in [1.54, 1.807) is 29.1 Å². The molecule has 20 heavy (non-hydrogen) atoms. The van der Waals surface area contributed by atoms with Crippen molar-refractivity contribution in [2.45, 2.75) is 38.3 Å². The van der Waals surface area contributed by atoms with E-state index in [0.29, 0.717) is 29.2 Å². The fourth-order valence-electron chi connectivity index (χ4n) is 2.70. The van der Waals surface area contributed by atoms with Gasteiger partial charge in [0.25, 0.3) is 5.56 Å². The van der Waals surface area contributed by atoms with Gasteiger partial charge in [0.05, 0.1) is 23.3 Å². The van der Waals surface area contributed by atoms with Crippen molar-refractivity contribution in [3.63, 3.8) is 0 Å². The van der Waals surface area contributed by atoms with Crippen LogP contribution in [0.2, 0.25) is 0 Å². The molecule has 2 N–H and O–H groups in total. The second-order valence-electron chi connectivity index (χ2n) is 5.30. The highest BCUT2D eigenvalue weighted by molar-refractivity contribution is 5.80. The summed E-state index contributed by atoms with van der Waals surface area (Å²) in [5.74, 6) is 0. The first-order chi connectivity index (χ1) is 9.74. The van der Waals surface area contributed by atoms with E-state index in [1.165, 1.54) is 0 Å². The molecule has 1 aromatic carbocycles. The number of benzene rings is 1. The van der Waals surface area contributed by atoms with Crippen molar-refractivity contribution >= 4 is 16.6 Å². The first kappa shape index (κ1) is 13.1. The molecule has 0 radical (unpaired) electrons. The topological polar surface area (TPSA) is 70.1 Å². The summed E-state index contributed by atoms with van der Waals surface area (Å²) >= 11 is 0. The molecule has 1 fully saturated rings. The van der Waals surface area contributed by atoms with Crippen LogP contribution in [0.3, 0.4) is 0 Å². The zero-order chi connectivity index (χ0) is 13.9. The maximum absolute atomic E-state index is 12.3. The van der Waals surface area contributed by atoms with E-state index in [0.717, 1.165) is 32.3 Å². The molecule has 1 saturated heterocycles. The van der Waals surface area contributed by atoms with E-state index >= 15 is 0 Å². The first-order valence-corrected chi connectivity index (χ1v) is 7.10. The van der Waals surface area contributed by atoms with Crippen molar-refractivity contribution in [2.75, 3.05) is 12.3 Å². The van der Waals surface area contributed by atoms with Gasteiger partial charge in [-0.3, -0.25) is 9.36 Å². The van der Waals surface area contributed by atoms with E-state index in [4.69, 9.17) is 10.5 Å². The molecule has 1 aliphatic heterocycles. The molecule has 0 saturated carbocycles. The maximum Gasteiger partial charge on any atom is 0.261 e. The minimum absolute atomic E-state index is 0.0189. The molecule has 2 heterocycles. The molecule has 0 bridgehead atoms. The summed E-state index contributed by atoms with van der Waals surface area (Å²) in [7, 11) is 0. The number of hydrogen-bond acceptors (Lipinski definition) is 4. The molecular weight excluding hydrogens is 254 g/mol. The van der Waals surface area contributed by atoms with E-state index in [1.807, 2.05) is 0 Å². The summed E-state index contributed by atoms with van der Waals surface area (Å²) < 4.78 is 7.25. The molecule has 2 aromatic rings. The Morgan fingerprint density at radius 3 is 3.15 bits per heavy atom. The Morgan fingerprint density at radius 2 is 2.35 bits per heavy atom. The number of aromatic nitrogens is 2. The van der Waals surface area contributed by atoms with Crippen LogP contribution >= 0.6 is 0 Å². The first-order valence-electron chi connectivity index (χ1n) is 7.10. The van der Waals surface area contributed by atoms with Gasteiger partial charge in [-0.2, -0.15) is 0 Å². The molecule has 1 aromatic heterocycles. The van der Waals surface area contributed by atoms with Crippen molar-refractivity contribution in [1.82, 2.24) is 9.55 Å². The van der Waals surface area contributed by atoms with Crippen molar-refractivity contribution < 1.29 is 4.74 Å². The van der Waals surface area contributed by atoms with Crippen molar-refractivity contribution in [3.05, 3.63) is 34.9 Å². The van der Waals surface area contributed by atoms with Gasteiger partial charge in [-0.05, 0) is 43.9 Å². The third-order valence-electron chi connectivity index (χ3n) is 3.80. The Hall–Kier alpha value is -1.88. The summed E-state index contributed by atoms with van der Waals surface area (Å²) in [5, 5.41) is 0.588. The van der Waals surface area contributed by atoms with Gasteiger partial charge >= 0.3 is 0 Å². The zero-order valence-electron chi connectivity index (χ0n) is 11.4. The van der Waals surface area contributed by atoms with E-state index < -0.39 is 0 Å². The van der Waals surface area contributed by atoms with Crippen LogP contribution in [-0.2, 0) is 11.3 Å². The van der Waals surface area contributed by atoms with Gasteiger partial charge in [0.15, 0.2) is 0 Å². The smallest absolute Gasteiger partial charge is 0.261 e. The highest BCUT2D eigenvalue weighted by Crippen LogP contribution is 2.17. The minimum atomic E-state index is -0.0189. The van der Waals surface area contributed by atoms with Gasteiger partial charge in [-0.15, -0.1) is 0 Å². The minimum Gasteiger partial charge on any atom is -0.399 e. The predicted octanol–water partition coefficient (Wildman–Crippen LogP) is 1.94. The van der Waals surface area contributed by atoms with E-state index in [2.05, 4.69) is 4.98 Å². The van der Waals surface area contributed by atoms with Crippen molar-refractivity contribution in [2.24, 2.45) is 0 Å². The Bertz CT molecular complexity index is 660. The Balaban J connectivity index is 1.74. The van der Waals surface area contributed by atoms with Crippen LogP contribution in [0.5, 0.6) is 0 Å². The lowest BCUT2D eigenvalue weighted by Gasteiger charge is -2.10. The molecule has 0 aliphatic carbocycles. The number of nitrogens with zero attached hydrogens (tertiary/aromatic N) is 2. The number of ether oxygens (including phenoxy) is 1. The summed E-state index contributed by atoms with van der Waals surface area (Å²) in [6.45, 7) is 1.55. The average Bonchev–Trinajstić information content (AvgIpc) is 2.95. The highest BCUT2D eigenvalue weighted by Gasteiger charge is 2.14. The van der Waals surface area contributed by atoms with Gasteiger partial charge in [-0.25, -0.2) is 4.98 Å². The third-order valence-corrected chi connectivity index (χ3v) is 3.80. The number of anilines is 1. The molecule has 5 heteroatoms. The van der Waals surface area contributed by atoms with Crippen molar-refractivity contribution in [3.8, 4) is 0 Å². The molecule has 106 valence electrons. The number of aryl methyl sites for hydroxylation is 1. The fourth-order valence-corrected chi connectivity index (χ4v) is 2.70. The lowest BCUT2D eigenvalue weighted by atomic mass is 10.1. The second kappa shape index (κ2) is 5.63. The summed E-state index contributed by atoms with van der Waals surface area (Å²) in [6, 6.07) is 5.24. The van der Waals surface area contributed by atoms with Crippen LogP contribution in [0.1, 0.15) is 25.7 Å². The molecule has 1 aliphatic rings. The van der Waals surface area contributed by atoms with Crippen LogP contribution in [0, 0.1) is 0 Å². The zero-order valence-corrected chi connectivity index (χ0v) is 11.4. The number of nitrogen functional groups attached to an aromatic ring is 1. The Kier molecular flexibility index (Phi) is 3.69. The number of hydrogen-bond donors (Lipinski definition) is 1. The van der Waals surface area contributed by atoms with Crippen LogP contribution in [0.4, 0.5) is 5.69 Å². The van der Waals surface area contributed by atoms with Gasteiger partial charge < -0.3 is 10.5 Å². The van der Waals surface area contributed by atoms with Crippen LogP contribution in [0.25, 0.3) is 10.9 Å². The molecule has 1 atom stereocenters. The van der Waals surface area contributed by atoms with Gasteiger partial charge in [0.2, 0.25) is 0 Å². The number of rotatable bonds is 4. The lowest BCUT2D eigenvalue weighted by molar-refractivity contribution is 0.101. The van der Waals surface area contributed by atoms with Gasteiger partial charge in [0.1, 0.15) is 0 Å². The largest absolute Gasteiger partial charge is 0.399 e. The Morgan fingerprint density at radius 1 is 1.45 bits per heavy atom. The molecule has 3 rings (SSSR count). The van der Waals surface area contributed by atoms with Gasteiger partial charge in [0, 0.05) is 18.8 Å². The molecular formula is C15H19N3O2. The third kappa shape index (κ3) is 2.67. The normalized spacial score (nSPS) is 18.7. The molecule has 0 spiro atoms. The predicted molar refractivity (Wildman–Crippen MR) is 78.6 cm³/mol. The van der Waals surface area contributed by atoms with Crippen LogP contribution in [0.15, 0.2) is 29.3 Å². The van der Waals surface area contributed by atoms with Crippen LogP contribution in [-0.4, -0.2) is 22.3 Å². The molecule has 1 unspecified atom stereocenters. The summed E-state index contributed by atoms with van der Waals surface area (Å²) in [6.07, 6.45) is 6.22. The lowest BCUT2D eigenvalue weighted by Crippen LogP contribution is -2.21. The standard InChI is InChI=1S/C15H19N3O2/c16-11-5-6-14-13(9-11)15(19)18(10-17-14)7-1-3-12-4-2-8-20-12/h5-6,9-10,12H,1-4,7-8,16H2. The second-order valence-corrected chi connectivity index (χ2v) is 5.30. The summed E-state index contributed by atoms with van der Waals surface area (Å²) in [5.41, 5.74) is 7.00. The average molecular weight is 273 g/mol. The number of nitrogens with two attached hydrogens (primary N) is 1. The molecule has 5 nitrogen and oxygen atoms in total. The van der Waals surface area contributed by atoms with E-state index in [9.17, 15) is 4.79 Å². The van der Waals surface area contributed by atoms with Crippen molar-refractivity contribution in [1.29, 1.82) is 0 Å². The maximum atomic E-state index is 12.3.